The highest BCUT2D eigenvalue weighted by Gasteiger charge is 2.49. The van der Waals surface area contributed by atoms with Gasteiger partial charge in [0.15, 0.2) is 14.0 Å². The molecular formula is C21H30F2N2OSi. The summed E-state index contributed by atoms with van der Waals surface area (Å²) in [7, 11) is -1.93. The van der Waals surface area contributed by atoms with Crippen molar-refractivity contribution in [1.82, 2.24) is 9.22 Å². The quantitative estimate of drug-likeness (QED) is 0.428. The number of hydrogen-bond donors (Lipinski definition) is 0. The summed E-state index contributed by atoms with van der Waals surface area (Å²) < 4.78 is 28.6. The molecule has 0 radical (unpaired) electrons. The molecule has 148 valence electrons. The van der Waals surface area contributed by atoms with E-state index in [1.807, 2.05) is 12.1 Å². The average molecular weight is 393 g/mol. The maximum Gasteiger partial charge on any atom is 0.249 e. The molecule has 0 aliphatic heterocycles. The molecule has 1 aliphatic carbocycles. The van der Waals surface area contributed by atoms with Crippen molar-refractivity contribution in [3.05, 3.63) is 30.1 Å². The number of nitrogens with zero attached hydrogens (tertiary/aromatic N) is 2. The number of halogens is 2. The number of aromatic nitrogens is 2. The minimum atomic E-state index is -2.68. The fourth-order valence-corrected chi connectivity index (χ4v) is 11.9. The lowest BCUT2D eigenvalue weighted by Gasteiger charge is -2.44. The van der Waals surface area contributed by atoms with E-state index < -0.39 is 20.1 Å². The van der Waals surface area contributed by atoms with Crippen LogP contribution >= 0.6 is 0 Å². The summed E-state index contributed by atoms with van der Waals surface area (Å²) in [5.41, 5.74) is 2.97. The topological polar surface area (TPSA) is 34.9 Å². The van der Waals surface area contributed by atoms with Crippen molar-refractivity contribution in [3.8, 4) is 0 Å². The van der Waals surface area contributed by atoms with E-state index in [2.05, 4.69) is 57.0 Å². The highest BCUT2D eigenvalue weighted by Crippen LogP contribution is 2.45. The maximum absolute atomic E-state index is 13.1. The lowest BCUT2D eigenvalue weighted by Crippen LogP contribution is -2.51. The van der Waals surface area contributed by atoms with Gasteiger partial charge in [-0.05, 0) is 35.0 Å². The van der Waals surface area contributed by atoms with Gasteiger partial charge >= 0.3 is 0 Å². The monoisotopic (exact) mass is 392 g/mol. The van der Waals surface area contributed by atoms with Crippen LogP contribution in [0.1, 0.15) is 64.7 Å². The van der Waals surface area contributed by atoms with E-state index in [0.717, 1.165) is 11.0 Å². The first-order valence-electron chi connectivity index (χ1n) is 9.90. The molecule has 2 aromatic rings. The zero-order chi connectivity index (χ0) is 20.1. The first-order chi connectivity index (χ1) is 12.5. The number of alkyl halides is 2. The van der Waals surface area contributed by atoms with Crippen LogP contribution in [-0.4, -0.2) is 29.2 Å². The Balaban J connectivity index is 2.02. The van der Waals surface area contributed by atoms with E-state index in [0.29, 0.717) is 22.2 Å². The van der Waals surface area contributed by atoms with Gasteiger partial charge in [-0.15, -0.1) is 0 Å². The van der Waals surface area contributed by atoms with E-state index in [9.17, 15) is 13.6 Å². The molecule has 0 atom stereocenters. The van der Waals surface area contributed by atoms with Crippen molar-refractivity contribution < 1.29 is 13.6 Å². The van der Waals surface area contributed by atoms with Crippen molar-refractivity contribution in [3.63, 3.8) is 0 Å². The van der Waals surface area contributed by atoms with Crippen LogP contribution in [0.3, 0.4) is 0 Å². The number of ketones is 1. The van der Waals surface area contributed by atoms with Gasteiger partial charge in [0, 0.05) is 35.9 Å². The first kappa shape index (κ1) is 20.2. The minimum absolute atomic E-state index is 0.205. The number of Topliss-reactive ketones (excluding diaryl/α,β-unsaturated/α-hetero) is 1. The van der Waals surface area contributed by atoms with Crippen molar-refractivity contribution in [2.24, 2.45) is 5.92 Å². The molecule has 2 aromatic heterocycles. The van der Waals surface area contributed by atoms with Crippen LogP contribution < -0.4 is 0 Å². The Morgan fingerprint density at radius 3 is 2.19 bits per heavy atom. The van der Waals surface area contributed by atoms with Gasteiger partial charge in [-0.3, -0.25) is 4.79 Å². The zero-order valence-corrected chi connectivity index (χ0v) is 18.1. The third-order valence-corrected chi connectivity index (χ3v) is 13.2. The van der Waals surface area contributed by atoms with Gasteiger partial charge in [-0.1, -0.05) is 41.5 Å². The Bertz CT molecular complexity index is 827. The molecular weight excluding hydrogens is 362 g/mol. The first-order valence-corrected chi connectivity index (χ1v) is 12.1. The summed E-state index contributed by atoms with van der Waals surface area (Å²) in [5, 5.41) is 0.922. The van der Waals surface area contributed by atoms with Gasteiger partial charge in [0.25, 0.3) is 0 Å². The Morgan fingerprint density at radius 1 is 1.15 bits per heavy atom. The molecule has 3 rings (SSSR count). The summed E-state index contributed by atoms with van der Waals surface area (Å²) in [6.45, 7) is 13.8. The second-order valence-corrected chi connectivity index (χ2v) is 14.7. The minimum Gasteiger partial charge on any atom is -0.359 e. The predicted octanol–water partition coefficient (Wildman–Crippen LogP) is 6.29. The normalized spacial score (nSPS) is 17.9. The van der Waals surface area contributed by atoms with Gasteiger partial charge in [0.2, 0.25) is 5.92 Å². The molecule has 0 aromatic carbocycles. The summed E-state index contributed by atoms with van der Waals surface area (Å²) in [6, 6.07) is 3.85. The second kappa shape index (κ2) is 6.80. The molecule has 0 spiro atoms. The average Bonchev–Trinajstić information content (AvgIpc) is 2.95. The molecule has 1 aliphatic rings. The van der Waals surface area contributed by atoms with Gasteiger partial charge in [-0.2, -0.15) is 0 Å². The number of carbonyl (C=O) groups is 1. The number of hydrogen-bond acceptors (Lipinski definition) is 2. The molecule has 0 N–H and O–H groups in total. The molecule has 0 bridgehead atoms. The fraction of sp³-hybridized carbons (Fsp3) is 0.619. The van der Waals surface area contributed by atoms with Gasteiger partial charge in [-0.25, -0.2) is 13.8 Å². The van der Waals surface area contributed by atoms with E-state index in [1.54, 1.807) is 6.20 Å². The molecule has 0 unspecified atom stereocenters. The van der Waals surface area contributed by atoms with Crippen LogP contribution in [0, 0.1) is 5.92 Å². The highest BCUT2D eigenvalue weighted by atomic mass is 28.3. The van der Waals surface area contributed by atoms with E-state index >= 15 is 0 Å². The molecule has 0 saturated heterocycles. The molecule has 6 heteroatoms. The van der Waals surface area contributed by atoms with Crippen LogP contribution in [0.25, 0.3) is 11.0 Å². The third-order valence-electron chi connectivity index (χ3n) is 6.46. The molecule has 2 heterocycles. The summed E-state index contributed by atoms with van der Waals surface area (Å²) in [6.07, 6.45) is 3.03. The van der Waals surface area contributed by atoms with E-state index in [4.69, 9.17) is 0 Å². The zero-order valence-electron chi connectivity index (χ0n) is 17.1. The Kier molecular flexibility index (Phi) is 5.08. The molecule has 3 nitrogen and oxygen atoms in total. The van der Waals surface area contributed by atoms with Crippen LogP contribution in [-0.2, 0) is 0 Å². The highest BCUT2D eigenvalue weighted by molar-refractivity contribution is 6.82. The number of fused-ring (bicyclic) bond motifs is 1. The smallest absolute Gasteiger partial charge is 0.249 e. The van der Waals surface area contributed by atoms with Crippen LogP contribution in [0.15, 0.2) is 24.5 Å². The van der Waals surface area contributed by atoms with Crippen molar-refractivity contribution >= 4 is 25.1 Å². The van der Waals surface area contributed by atoms with Gasteiger partial charge in [0.1, 0.15) is 5.65 Å². The second-order valence-electron chi connectivity index (χ2n) is 9.00. The Hall–Kier alpha value is -1.56. The molecule has 1 fully saturated rings. The lowest BCUT2D eigenvalue weighted by molar-refractivity contribution is -0.0982. The Labute approximate surface area is 161 Å². The lowest BCUT2D eigenvalue weighted by atomic mass is 9.77. The predicted molar refractivity (Wildman–Crippen MR) is 108 cm³/mol. The summed E-state index contributed by atoms with van der Waals surface area (Å²) in [4.78, 5) is 17.2. The third kappa shape index (κ3) is 3.16. The SMILES string of the molecule is CC(C)[Si](C(C)C)(C(C)C)n1ccc2cc(C(=O)C3CC(F)(F)C3)cnc21. The standard InChI is InChI=1S/C21H30F2N2OSi/c1-13(2)27(14(3)4,15(5)6)25-8-7-16-9-17(12-24-20(16)25)19(26)18-10-21(22,23)11-18/h7-9,12-15,18H,10-11H2,1-6H3. The van der Waals surface area contributed by atoms with Crippen LogP contribution in [0.5, 0.6) is 0 Å². The molecule has 0 amide bonds. The van der Waals surface area contributed by atoms with Crippen molar-refractivity contribution in [1.29, 1.82) is 0 Å². The largest absolute Gasteiger partial charge is 0.359 e. The van der Waals surface area contributed by atoms with Crippen LogP contribution in [0.4, 0.5) is 8.78 Å². The number of rotatable bonds is 6. The molecule has 27 heavy (non-hydrogen) atoms. The van der Waals surface area contributed by atoms with E-state index in [1.165, 1.54) is 0 Å². The van der Waals surface area contributed by atoms with Gasteiger partial charge in [0.05, 0.1) is 0 Å². The summed E-state index contributed by atoms with van der Waals surface area (Å²) >= 11 is 0. The fourth-order valence-electron chi connectivity index (χ4n) is 5.39. The van der Waals surface area contributed by atoms with Crippen molar-refractivity contribution in [2.75, 3.05) is 0 Å². The van der Waals surface area contributed by atoms with E-state index in [-0.39, 0.29) is 18.6 Å². The van der Waals surface area contributed by atoms with Gasteiger partial charge < -0.3 is 4.23 Å². The summed E-state index contributed by atoms with van der Waals surface area (Å²) in [5.74, 6) is -3.46. The number of pyridine rings is 1. The Morgan fingerprint density at radius 2 is 1.70 bits per heavy atom. The number of carbonyl (C=O) groups excluding carboxylic acids is 1. The van der Waals surface area contributed by atoms with Crippen LogP contribution in [0.2, 0.25) is 16.6 Å². The molecule has 1 saturated carbocycles. The van der Waals surface area contributed by atoms with Crippen molar-refractivity contribution in [2.45, 2.75) is 76.9 Å². The maximum atomic E-state index is 13.1.